The Morgan fingerprint density at radius 2 is 1.61 bits per heavy atom. The molecule has 0 bridgehead atoms. The predicted molar refractivity (Wildman–Crippen MR) is 134 cm³/mol. The molecule has 0 spiro atoms. The van der Waals surface area contributed by atoms with Gasteiger partial charge in [0.25, 0.3) is 5.69 Å². The SMILES string of the molecule is CC(C)(C)OC(=O)CNC(Cc1ccc(O)cc1)C(=O)N1CCN(Cc2ccc([N+](=O)[O-])cc2)CC1. The highest BCUT2D eigenvalue weighted by Crippen LogP contribution is 2.16. The zero-order chi connectivity index (χ0) is 26.3. The van der Waals surface area contributed by atoms with E-state index >= 15 is 0 Å². The van der Waals surface area contributed by atoms with Crippen molar-refractivity contribution in [3.8, 4) is 5.75 Å². The number of aromatic hydroxyl groups is 1. The zero-order valence-electron chi connectivity index (χ0n) is 21.0. The van der Waals surface area contributed by atoms with E-state index < -0.39 is 22.5 Å². The first-order chi connectivity index (χ1) is 17.0. The third kappa shape index (κ3) is 8.31. The standard InChI is InChI=1S/C26H34N4O6/c1-26(2,3)36-24(32)17-27-23(16-19-6-10-22(31)11-7-19)25(33)29-14-12-28(13-15-29)18-20-4-8-21(9-5-20)30(34)35/h4-11,23,27,31H,12-18H2,1-3H3. The molecule has 1 atom stereocenters. The van der Waals surface area contributed by atoms with Crippen LogP contribution >= 0.6 is 0 Å². The zero-order valence-corrected chi connectivity index (χ0v) is 21.0. The van der Waals surface area contributed by atoms with Crippen molar-refractivity contribution in [2.45, 2.75) is 45.4 Å². The molecular formula is C26H34N4O6. The molecule has 3 rings (SSSR count). The summed E-state index contributed by atoms with van der Waals surface area (Å²) in [5, 5.41) is 23.5. The summed E-state index contributed by atoms with van der Waals surface area (Å²) < 4.78 is 5.37. The van der Waals surface area contributed by atoms with Crippen LogP contribution in [0.2, 0.25) is 0 Å². The van der Waals surface area contributed by atoms with Gasteiger partial charge in [0.05, 0.1) is 17.5 Å². The second kappa shape index (κ2) is 12.0. The molecule has 1 saturated heterocycles. The summed E-state index contributed by atoms with van der Waals surface area (Å²) in [6, 6.07) is 12.5. The van der Waals surface area contributed by atoms with Gasteiger partial charge in [0, 0.05) is 44.9 Å². The minimum Gasteiger partial charge on any atom is -0.508 e. The Balaban J connectivity index is 1.59. The Kier molecular flexibility index (Phi) is 9.00. The predicted octanol–water partition coefficient (Wildman–Crippen LogP) is 2.49. The number of hydrogen-bond donors (Lipinski definition) is 2. The molecule has 2 aromatic rings. The normalized spacial score (nSPS) is 15.4. The van der Waals surface area contributed by atoms with Gasteiger partial charge in [0.15, 0.2) is 0 Å². The number of non-ortho nitro benzene ring substituents is 1. The third-order valence-electron chi connectivity index (χ3n) is 5.82. The van der Waals surface area contributed by atoms with Gasteiger partial charge < -0.3 is 14.7 Å². The highest BCUT2D eigenvalue weighted by molar-refractivity contribution is 5.83. The van der Waals surface area contributed by atoms with Crippen molar-refractivity contribution in [2.24, 2.45) is 0 Å². The quantitative estimate of drug-likeness (QED) is 0.307. The average Bonchev–Trinajstić information content (AvgIpc) is 2.82. The number of piperazine rings is 1. The first-order valence-electron chi connectivity index (χ1n) is 12.0. The Morgan fingerprint density at radius 1 is 1.03 bits per heavy atom. The van der Waals surface area contributed by atoms with Crippen LogP contribution in [0.3, 0.4) is 0 Å². The lowest BCUT2D eigenvalue weighted by atomic mass is 10.0. The topological polar surface area (TPSA) is 125 Å². The Bertz CT molecular complexity index is 1040. The number of carbonyl (C=O) groups excluding carboxylic acids is 2. The van der Waals surface area contributed by atoms with Crippen molar-refractivity contribution in [1.82, 2.24) is 15.1 Å². The molecule has 1 amide bonds. The second-order valence-corrected chi connectivity index (χ2v) is 9.92. The molecule has 10 heteroatoms. The fourth-order valence-corrected chi connectivity index (χ4v) is 4.03. The summed E-state index contributed by atoms with van der Waals surface area (Å²) in [5.41, 5.74) is 1.28. The van der Waals surface area contributed by atoms with Crippen LogP contribution in [0.15, 0.2) is 48.5 Å². The second-order valence-electron chi connectivity index (χ2n) is 9.92. The summed E-state index contributed by atoms with van der Waals surface area (Å²) in [4.78, 5) is 40.1. The summed E-state index contributed by atoms with van der Waals surface area (Å²) in [7, 11) is 0. The van der Waals surface area contributed by atoms with E-state index in [1.54, 1.807) is 62.1 Å². The molecule has 0 aromatic heterocycles. The number of carbonyl (C=O) groups is 2. The van der Waals surface area contributed by atoms with Crippen LogP contribution in [-0.2, 0) is 27.3 Å². The highest BCUT2D eigenvalue weighted by Gasteiger charge is 2.29. The number of phenolic OH excluding ortho intramolecular Hbond substituents is 1. The molecule has 1 fully saturated rings. The summed E-state index contributed by atoms with van der Waals surface area (Å²) in [6.07, 6.45) is 0.366. The fraction of sp³-hybridized carbons (Fsp3) is 0.462. The largest absolute Gasteiger partial charge is 0.508 e. The van der Waals surface area contributed by atoms with Crippen LogP contribution in [0, 0.1) is 10.1 Å². The summed E-state index contributed by atoms with van der Waals surface area (Å²) >= 11 is 0. The van der Waals surface area contributed by atoms with Gasteiger partial charge in [-0.25, -0.2) is 0 Å². The van der Waals surface area contributed by atoms with Gasteiger partial charge in [-0.1, -0.05) is 24.3 Å². The van der Waals surface area contributed by atoms with Crippen LogP contribution in [0.4, 0.5) is 5.69 Å². The monoisotopic (exact) mass is 498 g/mol. The molecule has 10 nitrogen and oxygen atoms in total. The highest BCUT2D eigenvalue weighted by atomic mass is 16.6. The van der Waals surface area contributed by atoms with Gasteiger partial charge >= 0.3 is 5.97 Å². The van der Waals surface area contributed by atoms with Gasteiger partial charge in [-0.3, -0.25) is 29.9 Å². The maximum absolute atomic E-state index is 13.4. The van der Waals surface area contributed by atoms with E-state index in [0.29, 0.717) is 39.1 Å². The minimum absolute atomic E-state index is 0.0627. The molecule has 36 heavy (non-hydrogen) atoms. The van der Waals surface area contributed by atoms with E-state index in [-0.39, 0.29) is 23.9 Å². The van der Waals surface area contributed by atoms with E-state index in [1.807, 2.05) is 0 Å². The number of benzene rings is 2. The number of rotatable bonds is 9. The van der Waals surface area contributed by atoms with Crippen molar-refractivity contribution < 1.29 is 24.4 Å². The van der Waals surface area contributed by atoms with Crippen LogP contribution in [0.5, 0.6) is 5.75 Å². The summed E-state index contributed by atoms with van der Waals surface area (Å²) in [5.74, 6) is -0.381. The Hall–Kier alpha value is -3.50. The van der Waals surface area contributed by atoms with Gasteiger partial charge in [-0.2, -0.15) is 0 Å². The molecule has 0 aliphatic carbocycles. The lowest BCUT2D eigenvalue weighted by molar-refractivity contribution is -0.384. The number of nitro benzene ring substituents is 1. The molecule has 2 aromatic carbocycles. The molecule has 1 heterocycles. The number of esters is 1. The van der Waals surface area contributed by atoms with E-state index in [1.165, 1.54) is 12.1 Å². The van der Waals surface area contributed by atoms with Gasteiger partial charge in [-0.05, 0) is 50.5 Å². The smallest absolute Gasteiger partial charge is 0.320 e. The molecule has 1 aliphatic rings. The van der Waals surface area contributed by atoms with Crippen LogP contribution in [0.1, 0.15) is 31.9 Å². The molecule has 1 unspecified atom stereocenters. The minimum atomic E-state index is -0.622. The van der Waals surface area contributed by atoms with Gasteiger partial charge in [0.1, 0.15) is 11.4 Å². The van der Waals surface area contributed by atoms with Crippen molar-refractivity contribution in [2.75, 3.05) is 32.7 Å². The van der Waals surface area contributed by atoms with Crippen LogP contribution in [-0.4, -0.2) is 76.1 Å². The first-order valence-corrected chi connectivity index (χ1v) is 12.0. The number of amides is 1. The average molecular weight is 499 g/mol. The maximum atomic E-state index is 13.4. The van der Waals surface area contributed by atoms with Crippen molar-refractivity contribution in [1.29, 1.82) is 0 Å². The lowest BCUT2D eigenvalue weighted by Crippen LogP contribution is -2.55. The molecule has 1 aliphatic heterocycles. The number of nitrogens with one attached hydrogen (secondary N) is 1. The third-order valence-corrected chi connectivity index (χ3v) is 5.82. The molecular weight excluding hydrogens is 464 g/mol. The van der Waals surface area contributed by atoms with Crippen molar-refractivity contribution in [3.63, 3.8) is 0 Å². The van der Waals surface area contributed by atoms with E-state index in [9.17, 15) is 24.8 Å². The van der Waals surface area contributed by atoms with E-state index in [2.05, 4.69) is 10.2 Å². The van der Waals surface area contributed by atoms with Crippen molar-refractivity contribution in [3.05, 3.63) is 69.8 Å². The van der Waals surface area contributed by atoms with Crippen LogP contribution < -0.4 is 5.32 Å². The molecule has 0 saturated carbocycles. The van der Waals surface area contributed by atoms with Crippen LogP contribution in [0.25, 0.3) is 0 Å². The van der Waals surface area contributed by atoms with E-state index in [4.69, 9.17) is 4.74 Å². The Morgan fingerprint density at radius 3 is 2.17 bits per heavy atom. The first kappa shape index (κ1) is 27.1. The number of phenols is 1. The van der Waals surface area contributed by atoms with Gasteiger partial charge in [-0.15, -0.1) is 0 Å². The van der Waals surface area contributed by atoms with Gasteiger partial charge in [0.2, 0.25) is 5.91 Å². The summed E-state index contributed by atoms with van der Waals surface area (Å²) in [6.45, 7) is 8.33. The number of nitro groups is 1. The Labute approximate surface area is 211 Å². The number of ether oxygens (including phenoxy) is 1. The van der Waals surface area contributed by atoms with E-state index in [0.717, 1.165) is 11.1 Å². The number of hydrogen-bond acceptors (Lipinski definition) is 8. The number of nitrogens with zero attached hydrogens (tertiary/aromatic N) is 3. The fourth-order valence-electron chi connectivity index (χ4n) is 4.03. The van der Waals surface area contributed by atoms with Crippen molar-refractivity contribution >= 4 is 17.6 Å². The molecule has 194 valence electrons. The lowest BCUT2D eigenvalue weighted by Gasteiger charge is -2.36. The molecule has 0 radical (unpaired) electrons. The molecule has 2 N–H and O–H groups in total. The maximum Gasteiger partial charge on any atom is 0.320 e.